The minimum Gasteiger partial charge on any atom is -0.353 e. The minimum absolute atomic E-state index is 0.106. The first-order chi connectivity index (χ1) is 13.6. The van der Waals surface area contributed by atoms with Gasteiger partial charge in [-0.15, -0.1) is 27.1 Å². The highest BCUT2D eigenvalue weighted by Gasteiger charge is 2.20. The largest absolute Gasteiger partial charge is 0.353 e. The second kappa shape index (κ2) is 8.14. The molecule has 1 fully saturated rings. The van der Waals surface area contributed by atoms with E-state index in [0.717, 1.165) is 48.2 Å². The molecule has 0 N–H and O–H groups in total. The number of aromatic nitrogens is 4. The van der Waals surface area contributed by atoms with Gasteiger partial charge >= 0.3 is 0 Å². The predicted octanol–water partition coefficient (Wildman–Crippen LogP) is 2.40. The lowest BCUT2D eigenvalue weighted by molar-refractivity contribution is -0.128. The predicted molar refractivity (Wildman–Crippen MR) is 106 cm³/mol. The van der Waals surface area contributed by atoms with Crippen LogP contribution >= 0.6 is 11.8 Å². The van der Waals surface area contributed by atoms with Gasteiger partial charge in [-0.2, -0.15) is 4.52 Å². The molecule has 3 aromatic rings. The van der Waals surface area contributed by atoms with Crippen molar-refractivity contribution in [2.45, 2.75) is 18.2 Å². The van der Waals surface area contributed by atoms with Crippen molar-refractivity contribution in [3.05, 3.63) is 48.0 Å². The Morgan fingerprint density at radius 2 is 1.89 bits per heavy atom. The van der Waals surface area contributed by atoms with Gasteiger partial charge < -0.3 is 9.80 Å². The summed E-state index contributed by atoms with van der Waals surface area (Å²) >= 11 is 1.44. The van der Waals surface area contributed by atoms with E-state index in [1.54, 1.807) is 16.6 Å². The average Bonchev–Trinajstić information content (AvgIpc) is 2.92. The number of thioether (sulfide) groups is 1. The first-order valence-corrected chi connectivity index (χ1v) is 10.2. The number of carbonyl (C=O) groups excluding carboxylic acids is 1. The average molecular weight is 400 g/mol. The summed E-state index contributed by atoms with van der Waals surface area (Å²) in [4.78, 5) is 17.6. The Morgan fingerprint density at radius 1 is 1.07 bits per heavy atom. The Labute approximate surface area is 166 Å². The molecule has 0 unspecified atom stereocenters. The molecule has 1 aliphatic heterocycles. The van der Waals surface area contributed by atoms with E-state index in [1.165, 1.54) is 23.9 Å². The normalized spacial score (nSPS) is 15.1. The van der Waals surface area contributed by atoms with Crippen molar-refractivity contribution in [2.75, 3.05) is 36.8 Å². The van der Waals surface area contributed by atoms with Gasteiger partial charge in [0.2, 0.25) is 5.91 Å². The molecule has 9 heteroatoms. The Morgan fingerprint density at radius 3 is 2.71 bits per heavy atom. The number of hydrogen-bond acceptors (Lipinski definition) is 6. The summed E-state index contributed by atoms with van der Waals surface area (Å²) in [5, 5.41) is 12.7. The molecule has 4 rings (SSSR count). The maximum atomic E-state index is 13.0. The van der Waals surface area contributed by atoms with Gasteiger partial charge in [0.1, 0.15) is 11.6 Å². The maximum Gasteiger partial charge on any atom is 0.232 e. The third kappa shape index (κ3) is 4.09. The zero-order chi connectivity index (χ0) is 19.5. The first-order valence-electron chi connectivity index (χ1n) is 9.20. The van der Waals surface area contributed by atoms with Crippen LogP contribution in [0.5, 0.6) is 0 Å². The molecule has 1 amide bonds. The molecule has 1 aromatic carbocycles. The molecule has 2 aromatic heterocycles. The van der Waals surface area contributed by atoms with E-state index >= 15 is 0 Å². The second-order valence-corrected chi connectivity index (χ2v) is 7.72. The van der Waals surface area contributed by atoms with Gasteiger partial charge in [-0.25, -0.2) is 4.39 Å². The molecule has 0 atom stereocenters. The molecule has 0 aliphatic carbocycles. The molecule has 0 radical (unpaired) electrons. The van der Waals surface area contributed by atoms with Crippen molar-refractivity contribution in [3.8, 4) is 0 Å². The minimum atomic E-state index is -0.267. The molecule has 1 aliphatic rings. The van der Waals surface area contributed by atoms with Gasteiger partial charge in [-0.1, -0.05) is 0 Å². The molecular weight excluding hydrogens is 379 g/mol. The van der Waals surface area contributed by atoms with Crippen LogP contribution in [0.15, 0.2) is 41.3 Å². The highest BCUT2D eigenvalue weighted by atomic mass is 32.2. The molecule has 0 spiro atoms. The van der Waals surface area contributed by atoms with Crippen LogP contribution in [-0.2, 0) is 4.79 Å². The third-order valence-electron chi connectivity index (χ3n) is 4.75. The number of aryl methyl sites for hydroxylation is 1. The van der Waals surface area contributed by atoms with Crippen LogP contribution in [0.25, 0.3) is 5.65 Å². The van der Waals surface area contributed by atoms with E-state index in [9.17, 15) is 9.18 Å². The fourth-order valence-electron chi connectivity index (χ4n) is 3.22. The Balaban J connectivity index is 1.36. The van der Waals surface area contributed by atoms with Crippen LogP contribution in [0.1, 0.15) is 12.2 Å². The number of carbonyl (C=O) groups is 1. The van der Waals surface area contributed by atoms with Crippen molar-refractivity contribution >= 4 is 29.1 Å². The summed E-state index contributed by atoms with van der Waals surface area (Å²) in [6.07, 6.45) is 0.883. The number of amides is 1. The Bertz CT molecular complexity index is 976. The molecule has 3 heterocycles. The Hall–Kier alpha value is -2.68. The summed E-state index contributed by atoms with van der Waals surface area (Å²) in [6, 6.07) is 10.1. The zero-order valence-electron chi connectivity index (χ0n) is 15.6. The number of nitrogens with zero attached hydrogens (tertiary/aromatic N) is 6. The number of hydrogen-bond donors (Lipinski definition) is 0. The van der Waals surface area contributed by atoms with E-state index in [-0.39, 0.29) is 11.7 Å². The summed E-state index contributed by atoms with van der Waals surface area (Å²) < 4.78 is 14.7. The lowest BCUT2D eigenvalue weighted by atomic mass is 10.3. The van der Waals surface area contributed by atoms with Crippen LogP contribution in [0.4, 0.5) is 10.2 Å². The van der Waals surface area contributed by atoms with Crippen LogP contribution in [0, 0.1) is 12.7 Å². The van der Waals surface area contributed by atoms with Crippen molar-refractivity contribution in [1.29, 1.82) is 0 Å². The summed E-state index contributed by atoms with van der Waals surface area (Å²) in [5.41, 5.74) is 0.727. The Kier molecular flexibility index (Phi) is 5.43. The van der Waals surface area contributed by atoms with Crippen LogP contribution in [-0.4, -0.2) is 62.6 Å². The number of benzene rings is 1. The highest BCUT2D eigenvalue weighted by molar-refractivity contribution is 8.00. The van der Waals surface area contributed by atoms with Crippen LogP contribution < -0.4 is 4.90 Å². The number of rotatable bonds is 4. The van der Waals surface area contributed by atoms with Crippen molar-refractivity contribution < 1.29 is 9.18 Å². The molecular formula is C19H21FN6OS. The quantitative estimate of drug-likeness (QED) is 0.627. The zero-order valence-corrected chi connectivity index (χ0v) is 16.4. The SMILES string of the molecule is Cc1nnc2ccc(N3CCCN(C(=O)CSc4ccc(F)cc4)CC3)nn12. The van der Waals surface area contributed by atoms with Crippen LogP contribution in [0.3, 0.4) is 0 Å². The van der Waals surface area contributed by atoms with E-state index < -0.39 is 0 Å². The lowest BCUT2D eigenvalue weighted by Gasteiger charge is -2.22. The number of halogens is 1. The highest BCUT2D eigenvalue weighted by Crippen LogP contribution is 2.20. The molecule has 0 bridgehead atoms. The fourth-order valence-corrected chi connectivity index (χ4v) is 4.02. The van der Waals surface area contributed by atoms with Gasteiger partial charge in [-0.3, -0.25) is 4.79 Å². The number of anilines is 1. The summed E-state index contributed by atoms with van der Waals surface area (Å²) in [6.45, 7) is 4.83. The van der Waals surface area contributed by atoms with Gasteiger partial charge in [0.25, 0.3) is 0 Å². The van der Waals surface area contributed by atoms with E-state index in [4.69, 9.17) is 0 Å². The van der Waals surface area contributed by atoms with Crippen LogP contribution in [0.2, 0.25) is 0 Å². The fraction of sp³-hybridized carbons (Fsp3) is 0.368. The lowest BCUT2D eigenvalue weighted by Crippen LogP contribution is -2.36. The van der Waals surface area contributed by atoms with Gasteiger partial charge in [0.05, 0.1) is 5.75 Å². The molecule has 28 heavy (non-hydrogen) atoms. The molecule has 0 saturated carbocycles. The van der Waals surface area contributed by atoms with E-state index in [2.05, 4.69) is 20.2 Å². The van der Waals surface area contributed by atoms with Gasteiger partial charge in [0, 0.05) is 31.1 Å². The summed E-state index contributed by atoms with van der Waals surface area (Å²) in [7, 11) is 0. The van der Waals surface area contributed by atoms with Crippen molar-refractivity contribution in [1.82, 2.24) is 24.7 Å². The van der Waals surface area contributed by atoms with Crippen molar-refractivity contribution in [3.63, 3.8) is 0 Å². The number of fused-ring (bicyclic) bond motifs is 1. The topological polar surface area (TPSA) is 66.6 Å². The molecule has 1 saturated heterocycles. The standard InChI is InChI=1S/C19H21FN6OS/c1-14-21-22-17-7-8-18(23-26(14)17)24-9-2-10-25(12-11-24)19(27)13-28-16-5-3-15(20)4-6-16/h3-8H,2,9-13H2,1H3. The third-order valence-corrected chi connectivity index (χ3v) is 5.75. The monoisotopic (exact) mass is 400 g/mol. The van der Waals surface area contributed by atoms with Gasteiger partial charge in [-0.05, 0) is 49.7 Å². The van der Waals surface area contributed by atoms with Gasteiger partial charge in [0.15, 0.2) is 11.5 Å². The smallest absolute Gasteiger partial charge is 0.232 e. The molecule has 146 valence electrons. The second-order valence-electron chi connectivity index (χ2n) is 6.67. The van der Waals surface area contributed by atoms with E-state index in [1.807, 2.05) is 24.0 Å². The molecule has 7 nitrogen and oxygen atoms in total. The summed E-state index contributed by atoms with van der Waals surface area (Å²) in [5.74, 6) is 1.81. The first kappa shape index (κ1) is 18.7. The van der Waals surface area contributed by atoms with Crippen molar-refractivity contribution in [2.24, 2.45) is 0 Å². The van der Waals surface area contributed by atoms with E-state index in [0.29, 0.717) is 12.3 Å². The maximum absolute atomic E-state index is 13.0.